The van der Waals surface area contributed by atoms with Crippen molar-refractivity contribution in [3.05, 3.63) is 65.5 Å². The van der Waals surface area contributed by atoms with Gasteiger partial charge in [0.1, 0.15) is 11.4 Å². The van der Waals surface area contributed by atoms with Crippen molar-refractivity contribution in [3.8, 4) is 0 Å². The number of fused-ring (bicyclic) bond motifs is 1. The number of nitrogens with one attached hydrogen (secondary N) is 1. The van der Waals surface area contributed by atoms with Crippen LogP contribution in [-0.2, 0) is 5.54 Å². The lowest BCUT2D eigenvalue weighted by molar-refractivity contribution is 0.0977. The van der Waals surface area contributed by atoms with Crippen molar-refractivity contribution in [2.45, 2.75) is 5.54 Å². The number of thioether (sulfide) groups is 1. The molecule has 7 nitrogen and oxygen atoms in total. The van der Waals surface area contributed by atoms with Gasteiger partial charge in [0, 0.05) is 35.0 Å². The first-order valence-electron chi connectivity index (χ1n) is 9.01. The Morgan fingerprint density at radius 2 is 2.03 bits per heavy atom. The number of aliphatic imine (C=N–C) groups is 1. The minimum atomic E-state index is -1.14. The van der Waals surface area contributed by atoms with Crippen LogP contribution in [0.1, 0.15) is 15.9 Å². The number of hydrogen-bond acceptors (Lipinski definition) is 5. The van der Waals surface area contributed by atoms with Crippen molar-refractivity contribution >= 4 is 34.6 Å². The largest absolute Gasteiger partial charge is 0.465 e. The standard InChI is InChI=1S/C20H19FN4O3S/c21-16-7-6-14(22)8-15(16)20-11-25(19(27)28)9-13(20)10-29-18(24-20)23-17(26)12-4-2-1-3-5-12/h1-8,13H,9-11,22H2,(H,27,28)(H,23,24,26). The van der Waals surface area contributed by atoms with Gasteiger partial charge in [0.05, 0.1) is 6.54 Å². The summed E-state index contributed by atoms with van der Waals surface area (Å²) in [6.07, 6.45) is -1.09. The second-order valence-electron chi connectivity index (χ2n) is 7.07. The second kappa shape index (κ2) is 7.40. The molecule has 2 heterocycles. The summed E-state index contributed by atoms with van der Waals surface area (Å²) in [5.74, 6) is -0.573. The summed E-state index contributed by atoms with van der Waals surface area (Å²) in [5, 5.41) is 12.6. The molecule has 2 aromatic carbocycles. The predicted octanol–water partition coefficient (Wildman–Crippen LogP) is 2.75. The first kappa shape index (κ1) is 19.3. The van der Waals surface area contributed by atoms with Gasteiger partial charge in [0.15, 0.2) is 5.17 Å². The molecule has 0 radical (unpaired) electrons. The fourth-order valence-corrected chi connectivity index (χ4v) is 4.95. The van der Waals surface area contributed by atoms with E-state index in [1.807, 2.05) is 6.07 Å². The average Bonchev–Trinajstić information content (AvgIpc) is 3.11. The van der Waals surface area contributed by atoms with E-state index in [0.29, 0.717) is 22.2 Å². The molecule has 2 atom stereocenters. The lowest BCUT2D eigenvalue weighted by Gasteiger charge is -2.35. The van der Waals surface area contributed by atoms with Crippen molar-refractivity contribution in [1.29, 1.82) is 0 Å². The van der Waals surface area contributed by atoms with Crippen molar-refractivity contribution in [2.24, 2.45) is 10.9 Å². The van der Waals surface area contributed by atoms with Crippen molar-refractivity contribution in [2.75, 3.05) is 24.6 Å². The maximum absolute atomic E-state index is 14.8. The zero-order valence-electron chi connectivity index (χ0n) is 15.3. The Balaban J connectivity index is 1.74. The number of nitrogens with zero attached hydrogens (tertiary/aromatic N) is 2. The molecule has 0 aromatic heterocycles. The van der Waals surface area contributed by atoms with Crippen LogP contribution < -0.4 is 11.1 Å². The zero-order valence-corrected chi connectivity index (χ0v) is 16.2. The van der Waals surface area contributed by atoms with Gasteiger partial charge in [-0.05, 0) is 30.3 Å². The molecule has 150 valence electrons. The highest BCUT2D eigenvalue weighted by atomic mass is 32.2. The third-order valence-electron chi connectivity index (χ3n) is 5.25. The fourth-order valence-electron chi connectivity index (χ4n) is 3.82. The molecule has 2 unspecified atom stereocenters. The van der Waals surface area contributed by atoms with E-state index >= 15 is 0 Å². The number of carbonyl (C=O) groups is 2. The van der Waals surface area contributed by atoms with Gasteiger partial charge < -0.3 is 21.1 Å². The summed E-state index contributed by atoms with van der Waals surface area (Å²) in [7, 11) is 0. The van der Waals surface area contributed by atoms with Crippen LogP contribution in [-0.4, -0.2) is 46.0 Å². The average molecular weight is 414 g/mol. The minimum Gasteiger partial charge on any atom is -0.465 e. The van der Waals surface area contributed by atoms with E-state index in [4.69, 9.17) is 10.7 Å². The number of halogens is 1. The van der Waals surface area contributed by atoms with Crippen LogP contribution in [0.2, 0.25) is 0 Å². The number of nitrogen functional groups attached to an aromatic ring is 1. The van der Waals surface area contributed by atoms with Crippen LogP contribution in [0.4, 0.5) is 14.9 Å². The van der Waals surface area contributed by atoms with Crippen LogP contribution in [0.3, 0.4) is 0 Å². The maximum atomic E-state index is 14.8. The predicted molar refractivity (Wildman–Crippen MR) is 109 cm³/mol. The Hall–Kier alpha value is -3.07. The normalized spacial score (nSPS) is 23.3. The van der Waals surface area contributed by atoms with Gasteiger partial charge in [0.2, 0.25) is 0 Å². The smallest absolute Gasteiger partial charge is 0.407 e. The van der Waals surface area contributed by atoms with Crippen LogP contribution >= 0.6 is 11.8 Å². The van der Waals surface area contributed by atoms with Gasteiger partial charge >= 0.3 is 6.09 Å². The van der Waals surface area contributed by atoms with Gasteiger partial charge in [-0.25, -0.2) is 14.2 Å². The molecular weight excluding hydrogens is 395 g/mol. The Kier molecular flexibility index (Phi) is 4.91. The quantitative estimate of drug-likeness (QED) is 0.655. The van der Waals surface area contributed by atoms with Crippen LogP contribution in [0.25, 0.3) is 0 Å². The van der Waals surface area contributed by atoms with Crippen molar-refractivity contribution in [3.63, 3.8) is 0 Å². The molecule has 0 aliphatic carbocycles. The SMILES string of the molecule is Nc1ccc(F)c(C23CN(C(=O)O)CC2CSC(NC(=O)c2ccccc2)=N3)c1. The number of likely N-dealkylation sites (tertiary alicyclic amines) is 1. The van der Waals surface area contributed by atoms with E-state index in [9.17, 15) is 19.1 Å². The second-order valence-corrected chi connectivity index (χ2v) is 8.08. The van der Waals surface area contributed by atoms with Gasteiger partial charge in [-0.2, -0.15) is 0 Å². The number of nitrogens with two attached hydrogens (primary N) is 1. The Morgan fingerprint density at radius 1 is 1.28 bits per heavy atom. The number of amidine groups is 1. The maximum Gasteiger partial charge on any atom is 0.407 e. The minimum absolute atomic E-state index is 0.00135. The summed E-state index contributed by atoms with van der Waals surface area (Å²) in [4.78, 5) is 30.1. The lowest BCUT2D eigenvalue weighted by atomic mass is 9.81. The summed E-state index contributed by atoms with van der Waals surface area (Å²) < 4.78 is 14.8. The molecule has 1 saturated heterocycles. The van der Waals surface area contributed by atoms with Crippen LogP contribution in [0.5, 0.6) is 0 Å². The zero-order chi connectivity index (χ0) is 20.6. The van der Waals surface area contributed by atoms with Crippen LogP contribution in [0, 0.1) is 11.7 Å². The van der Waals surface area contributed by atoms with E-state index in [1.54, 1.807) is 24.3 Å². The van der Waals surface area contributed by atoms with Gasteiger partial charge in [-0.3, -0.25) is 4.79 Å². The number of carbonyl (C=O) groups excluding carboxylic acids is 1. The van der Waals surface area contributed by atoms with Gasteiger partial charge in [0.25, 0.3) is 5.91 Å². The number of carboxylic acid groups (broad SMARTS) is 1. The molecule has 2 aliphatic heterocycles. The molecule has 0 spiro atoms. The highest BCUT2D eigenvalue weighted by molar-refractivity contribution is 8.13. The van der Waals surface area contributed by atoms with Crippen molar-refractivity contribution in [1.82, 2.24) is 10.2 Å². The van der Waals surface area contributed by atoms with Crippen LogP contribution in [0.15, 0.2) is 53.5 Å². The molecule has 0 bridgehead atoms. The van der Waals surface area contributed by atoms with Crippen molar-refractivity contribution < 1.29 is 19.1 Å². The first-order chi connectivity index (χ1) is 13.9. The molecule has 2 aromatic rings. The van der Waals surface area contributed by atoms with E-state index in [0.717, 1.165) is 0 Å². The van der Waals surface area contributed by atoms with E-state index in [2.05, 4.69) is 5.32 Å². The van der Waals surface area contributed by atoms with E-state index in [-0.39, 0.29) is 30.5 Å². The molecule has 2 aliphatic rings. The number of benzene rings is 2. The number of rotatable bonds is 2. The van der Waals surface area contributed by atoms with E-state index in [1.165, 1.54) is 34.9 Å². The molecule has 4 N–H and O–H groups in total. The third kappa shape index (κ3) is 3.53. The van der Waals surface area contributed by atoms with Gasteiger partial charge in [-0.1, -0.05) is 30.0 Å². The number of hydrogen-bond donors (Lipinski definition) is 3. The summed E-state index contributed by atoms with van der Waals surface area (Å²) in [5.41, 5.74) is 5.83. The topological polar surface area (TPSA) is 108 Å². The molecule has 2 amide bonds. The molecule has 9 heteroatoms. The fraction of sp³-hybridized carbons (Fsp3) is 0.250. The van der Waals surface area contributed by atoms with E-state index < -0.39 is 17.4 Å². The molecule has 1 fully saturated rings. The Labute approximate surface area is 170 Å². The summed E-state index contributed by atoms with van der Waals surface area (Å²) in [6, 6.07) is 12.9. The highest BCUT2D eigenvalue weighted by Crippen LogP contribution is 2.46. The molecule has 0 saturated carbocycles. The Bertz CT molecular complexity index is 1000. The number of anilines is 1. The lowest BCUT2D eigenvalue weighted by Crippen LogP contribution is -2.43. The number of amides is 2. The van der Waals surface area contributed by atoms with Gasteiger partial charge in [-0.15, -0.1) is 0 Å². The molecular formula is C20H19FN4O3S. The third-order valence-corrected chi connectivity index (χ3v) is 6.29. The molecule has 29 heavy (non-hydrogen) atoms. The monoisotopic (exact) mass is 414 g/mol. The highest BCUT2D eigenvalue weighted by Gasteiger charge is 2.53. The Morgan fingerprint density at radius 3 is 2.76 bits per heavy atom. The summed E-state index contributed by atoms with van der Waals surface area (Å²) >= 11 is 1.32. The first-order valence-corrected chi connectivity index (χ1v) is 10.00. The molecule has 4 rings (SSSR count). The summed E-state index contributed by atoms with van der Waals surface area (Å²) in [6.45, 7) is 0.235.